The highest BCUT2D eigenvalue weighted by molar-refractivity contribution is 7.85. The number of hydrogen-bond donors (Lipinski definition) is 9. The number of aromatic nitrogens is 4. The normalized spacial score (nSPS) is 24.2. The van der Waals surface area contributed by atoms with E-state index in [0.29, 0.717) is 59.3 Å². The number of carboxylic acid groups (broad SMARTS) is 2. The molecule has 7 aliphatic rings. The molecule has 9 N–H and O–H groups in total. The number of carbonyl (C=O) groups is 8. The third-order valence-electron chi connectivity index (χ3n) is 20.9. The minimum Gasteiger partial charge on any atom is -0.496 e. The van der Waals surface area contributed by atoms with Crippen molar-refractivity contribution in [2.24, 2.45) is 16.2 Å². The van der Waals surface area contributed by atoms with E-state index in [0.717, 1.165) is 76.2 Å². The molecule has 590 valence electrons. The number of carboxylic acids is 2. The molecule has 3 aromatic carbocycles. The van der Waals surface area contributed by atoms with Crippen molar-refractivity contribution < 1.29 is 115 Å². The van der Waals surface area contributed by atoms with Gasteiger partial charge in [0.25, 0.3) is 27.8 Å². The number of nitrogens with zero attached hydrogens (tertiary/aromatic N) is 7. The van der Waals surface area contributed by atoms with Gasteiger partial charge >= 0.3 is 18.0 Å². The first-order valence-electron chi connectivity index (χ1n) is 35.8. The summed E-state index contributed by atoms with van der Waals surface area (Å²) in [6, 6.07) is 17.1. The van der Waals surface area contributed by atoms with Crippen molar-refractivity contribution in [2.45, 2.75) is 134 Å². The SMILES string of the molecule is COCCN(CCOC12CC3(C)CC(C)(CC(Cn4ncc(-c5ccc(N6CCc7c(OC)ccc(C(=O)Nc8nc9ccccc9s8)c7C6)nc5C(=O)O)c4C)(C3)C1)C2)C(=O)OCc1ccc(O[C@@H]2O[C@H](C(=O)O)[C@@H](O)[C@H](O)[C@H]2O)cc1OCCOCCNC(=O)[C@H](CS(=O)(=O)O)NC(=O)CCN1C(=O)C=CC1=O. The zero-order valence-electron chi connectivity index (χ0n) is 61.1. The second-order valence-corrected chi connectivity index (χ2v) is 32.0. The quantitative estimate of drug-likeness (QED) is 0.0155. The van der Waals surface area contributed by atoms with Crippen molar-refractivity contribution >= 4 is 90.2 Å². The minimum atomic E-state index is -4.81. The molecule has 0 spiro atoms. The molecule has 8 atom stereocenters. The maximum Gasteiger partial charge on any atom is 0.410 e. The number of rotatable bonds is 34. The van der Waals surface area contributed by atoms with Crippen LogP contribution in [0, 0.1) is 23.2 Å². The van der Waals surface area contributed by atoms with Crippen molar-refractivity contribution in [2.75, 3.05) is 95.9 Å². The summed E-state index contributed by atoms with van der Waals surface area (Å²) in [6.45, 7) is 6.72. The number of benzene rings is 3. The Morgan fingerprint density at radius 2 is 1.56 bits per heavy atom. The Morgan fingerprint density at radius 1 is 0.818 bits per heavy atom. The number of para-hydroxylation sites is 1. The van der Waals surface area contributed by atoms with E-state index in [1.807, 2.05) is 40.8 Å². The van der Waals surface area contributed by atoms with Crippen LogP contribution in [0.2, 0.25) is 0 Å². The summed E-state index contributed by atoms with van der Waals surface area (Å²) in [5.41, 5.74) is 3.68. The number of aliphatic hydroxyl groups excluding tert-OH is 3. The standard InChI is InChI=1S/C74H88N10O24S2/c1-42-48(46-13-15-55(79-59(46)66(93)94)82-21-18-45-49(32-82)47(12-14-52(45)102-5)64(91)80-69-78-50-8-6-7-9-54(50)109-69)31-76-84(42)41-73-36-71(2)35-72(3,37-73)39-74(38-71,40-73)106-27-24-81(23-26-101-4)70(97)105-33-43-10-11-44(107-68-62(90)60(88)61(89)63(108-68)67(95)96)30-53(43)104-29-28-103-25-20-75-65(92)51(34-110(98,99)100)77-56(85)19-22-83-57(86)16-17-58(83)87/h6-17,30-31,51,60-63,68,88-90H,18-29,32-41H2,1-5H3,(H,75,92)(H,77,85)(H,93,94)(H,95,96)(H,78,80,91)(H,98,99,100)/t51-,60-,61-,62+,63-,68+,71?,72?,73?,74?/m0/s1. The molecule has 6 amide bonds. The lowest BCUT2D eigenvalue weighted by Crippen LogP contribution is -2.64. The molecule has 110 heavy (non-hydrogen) atoms. The number of aliphatic carboxylic acids is 1. The topological polar surface area (TPSA) is 455 Å². The fraction of sp³-hybridized carbons (Fsp3) is 0.500. The van der Waals surface area contributed by atoms with Crippen molar-refractivity contribution in [3.8, 4) is 28.4 Å². The Morgan fingerprint density at radius 3 is 2.27 bits per heavy atom. The number of nitrogens with one attached hydrogen (secondary N) is 3. The maximum absolute atomic E-state index is 14.3. The zero-order valence-corrected chi connectivity index (χ0v) is 62.7. The Bertz CT molecular complexity index is 4600. The number of pyridine rings is 1. The average molecular weight is 1570 g/mol. The first-order valence-corrected chi connectivity index (χ1v) is 38.2. The van der Waals surface area contributed by atoms with Crippen LogP contribution in [0.3, 0.4) is 0 Å². The van der Waals surface area contributed by atoms with Crippen LogP contribution >= 0.6 is 11.3 Å². The van der Waals surface area contributed by atoms with Crippen LogP contribution < -0.4 is 35.1 Å². The number of aromatic carboxylic acids is 1. The molecule has 13 rings (SSSR count). The number of ether oxygens (including phenoxy) is 8. The Labute approximate surface area is 635 Å². The van der Waals surface area contributed by atoms with Crippen molar-refractivity contribution in [1.82, 2.24) is 40.2 Å². The first kappa shape index (κ1) is 79.8. The predicted octanol–water partition coefficient (Wildman–Crippen LogP) is 4.28. The largest absolute Gasteiger partial charge is 0.496 e. The molecule has 36 heteroatoms. The Hall–Kier alpha value is -9.76. The molecule has 34 nitrogen and oxygen atoms in total. The van der Waals surface area contributed by atoms with E-state index < -0.39 is 113 Å². The van der Waals surface area contributed by atoms with E-state index in [1.54, 1.807) is 37.6 Å². The molecular weight excluding hydrogens is 1480 g/mol. The van der Waals surface area contributed by atoms with Gasteiger partial charge in [-0.05, 0) is 122 Å². The molecule has 2 unspecified atom stereocenters. The molecule has 4 bridgehead atoms. The summed E-state index contributed by atoms with van der Waals surface area (Å²) in [6.07, 6.45) is -1.61. The highest BCUT2D eigenvalue weighted by atomic mass is 32.2. The second kappa shape index (κ2) is 33.0. The number of fused-ring (bicyclic) bond motifs is 2. The predicted molar refractivity (Wildman–Crippen MR) is 391 cm³/mol. The molecule has 4 aliphatic carbocycles. The van der Waals surface area contributed by atoms with Crippen LogP contribution in [-0.4, -0.2) is 244 Å². The first-order chi connectivity index (χ1) is 52.4. The zero-order chi connectivity index (χ0) is 78.6. The van der Waals surface area contributed by atoms with Gasteiger partial charge in [0, 0.05) is 111 Å². The highest BCUT2D eigenvalue weighted by Gasteiger charge is 2.66. The molecule has 5 fully saturated rings. The number of hydrogen-bond acceptors (Lipinski definition) is 26. The van der Waals surface area contributed by atoms with E-state index in [9.17, 15) is 76.9 Å². The molecule has 0 radical (unpaired) electrons. The number of carbonyl (C=O) groups excluding carboxylic acids is 6. The van der Waals surface area contributed by atoms with Gasteiger partial charge in [0.2, 0.25) is 18.1 Å². The van der Waals surface area contributed by atoms with Gasteiger partial charge in [0.1, 0.15) is 66.4 Å². The van der Waals surface area contributed by atoms with Gasteiger partial charge < -0.3 is 83.9 Å². The molecule has 6 aromatic rings. The van der Waals surface area contributed by atoms with Gasteiger partial charge in [0.05, 0.1) is 55.6 Å². The lowest BCUT2D eigenvalue weighted by Gasteiger charge is -2.69. The summed E-state index contributed by atoms with van der Waals surface area (Å²) in [4.78, 5) is 117. The molecule has 3 aliphatic heterocycles. The number of methoxy groups -OCH3 is 2. The van der Waals surface area contributed by atoms with E-state index in [1.165, 1.54) is 41.5 Å². The molecule has 3 aromatic heterocycles. The molecule has 1 saturated heterocycles. The number of amides is 6. The average Bonchev–Trinajstić information content (AvgIpc) is 0.913. The molecular formula is C74H88N10O24S2. The highest BCUT2D eigenvalue weighted by Crippen LogP contribution is 2.72. The molecule has 4 saturated carbocycles. The molecule has 6 heterocycles. The van der Waals surface area contributed by atoms with Gasteiger partial charge in [-0.3, -0.25) is 43.4 Å². The third-order valence-corrected chi connectivity index (χ3v) is 22.6. The van der Waals surface area contributed by atoms with Gasteiger partial charge in [-0.1, -0.05) is 37.3 Å². The number of anilines is 2. The van der Waals surface area contributed by atoms with Crippen LogP contribution in [-0.2, 0) is 83.9 Å². The van der Waals surface area contributed by atoms with Crippen LogP contribution in [0.5, 0.6) is 17.2 Å². The van der Waals surface area contributed by atoms with E-state index in [2.05, 4.69) is 34.8 Å². The number of thiazole rings is 1. The van der Waals surface area contributed by atoms with E-state index in [4.69, 9.17) is 48.0 Å². The smallest absolute Gasteiger partial charge is 0.410 e. The summed E-state index contributed by atoms with van der Waals surface area (Å²) < 4.78 is 83.1. The monoisotopic (exact) mass is 1560 g/mol. The lowest BCUT2D eigenvalue weighted by atomic mass is 9.39. The summed E-state index contributed by atoms with van der Waals surface area (Å²) in [5, 5.41) is 65.0. The van der Waals surface area contributed by atoms with E-state index in [-0.39, 0.29) is 111 Å². The van der Waals surface area contributed by atoms with Crippen molar-refractivity contribution in [1.29, 1.82) is 0 Å². The second-order valence-electron chi connectivity index (χ2n) is 29.5. The summed E-state index contributed by atoms with van der Waals surface area (Å²) in [7, 11) is -1.73. The summed E-state index contributed by atoms with van der Waals surface area (Å²) in [5.74, 6) is -6.60. The van der Waals surface area contributed by atoms with Crippen molar-refractivity contribution in [3.05, 3.63) is 119 Å². The summed E-state index contributed by atoms with van der Waals surface area (Å²) >= 11 is 1.38. The third kappa shape index (κ3) is 18.1. The number of aliphatic hydroxyl groups is 3. The fourth-order valence-electron chi connectivity index (χ4n) is 17.1. The Balaban J connectivity index is 0.683. The van der Waals surface area contributed by atoms with Crippen LogP contribution in [0.4, 0.5) is 15.7 Å². The van der Waals surface area contributed by atoms with Crippen LogP contribution in [0.25, 0.3) is 21.3 Å². The van der Waals surface area contributed by atoms with Crippen LogP contribution in [0.15, 0.2) is 85.1 Å². The lowest BCUT2D eigenvalue weighted by molar-refractivity contribution is -0.271. The Kier molecular flexibility index (Phi) is 24.0. The minimum absolute atomic E-state index is 0.0256. The van der Waals surface area contributed by atoms with Gasteiger partial charge in [0.15, 0.2) is 16.9 Å². The fourth-order valence-corrected chi connectivity index (χ4v) is 18.6. The van der Waals surface area contributed by atoms with Gasteiger partial charge in [-0.25, -0.2) is 24.4 Å². The van der Waals surface area contributed by atoms with Crippen molar-refractivity contribution in [3.63, 3.8) is 0 Å². The van der Waals surface area contributed by atoms with Crippen LogP contribution in [0.1, 0.15) is 102 Å². The maximum atomic E-state index is 14.3. The van der Waals surface area contributed by atoms with Gasteiger partial charge in [-0.15, -0.1) is 0 Å². The number of imide groups is 1. The van der Waals surface area contributed by atoms with E-state index >= 15 is 0 Å². The van der Waals surface area contributed by atoms with Gasteiger partial charge in [-0.2, -0.15) is 13.5 Å².